The van der Waals surface area contributed by atoms with Gasteiger partial charge in [0.05, 0.1) is 11.6 Å². The molecule has 0 heterocycles. The second-order valence-corrected chi connectivity index (χ2v) is 6.05. The van der Waals surface area contributed by atoms with Gasteiger partial charge in [0.15, 0.2) is 0 Å². The lowest BCUT2D eigenvalue weighted by Gasteiger charge is -2.28. The Kier molecular flexibility index (Phi) is 6.74. The third-order valence-corrected chi connectivity index (χ3v) is 3.30. The molecule has 3 nitrogen and oxygen atoms in total. The molecule has 0 saturated heterocycles. The highest BCUT2D eigenvalue weighted by Gasteiger charge is 2.20. The topological polar surface area (TPSA) is 46.3 Å². The van der Waals surface area contributed by atoms with Crippen molar-refractivity contribution in [3.8, 4) is 11.8 Å². The van der Waals surface area contributed by atoms with Gasteiger partial charge in [-0.2, -0.15) is 0 Å². The summed E-state index contributed by atoms with van der Waals surface area (Å²) >= 11 is 6.19. The molecule has 0 aliphatic heterocycles. The van der Waals surface area contributed by atoms with E-state index in [0.29, 0.717) is 22.1 Å². The molecule has 4 heteroatoms. The molecule has 0 saturated carbocycles. The normalized spacial score (nSPS) is 10.5. The molecule has 0 bridgehead atoms. The van der Waals surface area contributed by atoms with E-state index in [9.17, 15) is 4.79 Å². The summed E-state index contributed by atoms with van der Waals surface area (Å²) < 4.78 is 0. The minimum Gasteiger partial charge on any atom is -0.336 e. The van der Waals surface area contributed by atoms with E-state index >= 15 is 0 Å². The van der Waals surface area contributed by atoms with Crippen molar-refractivity contribution in [1.82, 2.24) is 4.90 Å². The molecule has 1 aromatic carbocycles. The van der Waals surface area contributed by atoms with E-state index in [0.717, 1.165) is 6.54 Å². The van der Waals surface area contributed by atoms with E-state index in [1.165, 1.54) is 0 Å². The van der Waals surface area contributed by atoms with E-state index in [1.54, 1.807) is 18.2 Å². The van der Waals surface area contributed by atoms with Crippen LogP contribution in [-0.2, 0) is 0 Å². The molecule has 0 spiro atoms. The average molecular weight is 307 g/mol. The third kappa shape index (κ3) is 5.08. The molecular weight excluding hydrogens is 284 g/mol. The van der Waals surface area contributed by atoms with Crippen molar-refractivity contribution in [3.63, 3.8) is 0 Å². The van der Waals surface area contributed by atoms with E-state index < -0.39 is 0 Å². The molecule has 2 N–H and O–H groups in total. The smallest absolute Gasteiger partial charge is 0.254 e. The van der Waals surface area contributed by atoms with Gasteiger partial charge in [0, 0.05) is 23.7 Å². The molecule has 0 aliphatic rings. The number of carbonyl (C=O) groups excluding carboxylic acids is 1. The summed E-state index contributed by atoms with van der Waals surface area (Å²) in [4.78, 5) is 14.5. The monoisotopic (exact) mass is 306 g/mol. The zero-order valence-electron chi connectivity index (χ0n) is 13.1. The van der Waals surface area contributed by atoms with Crippen LogP contribution in [0.4, 0.5) is 0 Å². The van der Waals surface area contributed by atoms with Crippen molar-refractivity contribution in [1.29, 1.82) is 0 Å². The molecular formula is C17H23ClN2O. The van der Waals surface area contributed by atoms with Gasteiger partial charge in [-0.25, -0.2) is 0 Å². The number of carbonyl (C=O) groups is 1. The van der Waals surface area contributed by atoms with Crippen molar-refractivity contribution in [3.05, 3.63) is 34.3 Å². The van der Waals surface area contributed by atoms with Crippen LogP contribution in [0.25, 0.3) is 0 Å². The number of rotatable bonds is 4. The van der Waals surface area contributed by atoms with Gasteiger partial charge in [0.2, 0.25) is 0 Å². The Morgan fingerprint density at radius 2 is 2.00 bits per heavy atom. The highest BCUT2D eigenvalue weighted by molar-refractivity contribution is 6.32. The van der Waals surface area contributed by atoms with Gasteiger partial charge in [0.1, 0.15) is 0 Å². The van der Waals surface area contributed by atoms with Gasteiger partial charge < -0.3 is 10.6 Å². The molecule has 1 amide bonds. The Bertz CT molecular complexity index is 556. The molecule has 0 radical (unpaired) electrons. The maximum Gasteiger partial charge on any atom is 0.254 e. The highest BCUT2D eigenvalue weighted by Crippen LogP contribution is 2.19. The van der Waals surface area contributed by atoms with Crippen LogP contribution in [0.2, 0.25) is 5.02 Å². The second kappa shape index (κ2) is 8.07. The van der Waals surface area contributed by atoms with Crippen molar-refractivity contribution in [2.24, 2.45) is 11.7 Å². The minimum absolute atomic E-state index is 0.000987. The fourth-order valence-corrected chi connectivity index (χ4v) is 2.21. The Morgan fingerprint density at radius 3 is 2.48 bits per heavy atom. The van der Waals surface area contributed by atoms with Crippen LogP contribution in [0.1, 0.15) is 43.6 Å². The lowest BCUT2D eigenvalue weighted by Crippen LogP contribution is -2.39. The first-order chi connectivity index (χ1) is 9.86. The standard InChI is InChI=1S/C17H23ClN2O/c1-12(2)11-20(13(3)4)17(21)15-8-7-14(6-5-9-19)16(18)10-15/h7-8,10,12-13H,9,11,19H2,1-4H3. The Balaban J connectivity index is 3.03. The number of nitrogens with zero attached hydrogens (tertiary/aromatic N) is 1. The zero-order valence-corrected chi connectivity index (χ0v) is 13.9. The number of benzene rings is 1. The molecule has 0 unspecified atom stereocenters. The maximum atomic E-state index is 12.6. The first-order valence-electron chi connectivity index (χ1n) is 7.16. The molecule has 114 valence electrons. The summed E-state index contributed by atoms with van der Waals surface area (Å²) in [7, 11) is 0. The largest absolute Gasteiger partial charge is 0.336 e. The minimum atomic E-state index is -0.000987. The summed E-state index contributed by atoms with van der Waals surface area (Å²) in [5, 5.41) is 0.482. The maximum absolute atomic E-state index is 12.6. The van der Waals surface area contributed by atoms with Crippen molar-refractivity contribution in [2.75, 3.05) is 13.1 Å². The van der Waals surface area contributed by atoms with Crippen LogP contribution in [0.15, 0.2) is 18.2 Å². The average Bonchev–Trinajstić information content (AvgIpc) is 2.42. The summed E-state index contributed by atoms with van der Waals surface area (Å²) in [6, 6.07) is 5.37. The van der Waals surface area contributed by atoms with Gasteiger partial charge in [-0.05, 0) is 38.0 Å². The Hall–Kier alpha value is -1.50. The molecule has 0 aliphatic carbocycles. The van der Waals surface area contributed by atoms with Crippen LogP contribution < -0.4 is 5.73 Å². The van der Waals surface area contributed by atoms with Crippen LogP contribution in [-0.4, -0.2) is 29.9 Å². The predicted octanol–water partition coefficient (Wildman–Crippen LogP) is 3.16. The number of hydrogen-bond donors (Lipinski definition) is 1. The van der Waals surface area contributed by atoms with Crippen molar-refractivity contribution < 1.29 is 4.79 Å². The fraction of sp³-hybridized carbons (Fsp3) is 0.471. The molecule has 0 atom stereocenters. The molecule has 1 rings (SSSR count). The molecule has 21 heavy (non-hydrogen) atoms. The third-order valence-electron chi connectivity index (χ3n) is 2.99. The number of hydrogen-bond acceptors (Lipinski definition) is 2. The van der Waals surface area contributed by atoms with Gasteiger partial charge in [0.25, 0.3) is 5.91 Å². The molecule has 0 aromatic heterocycles. The van der Waals surface area contributed by atoms with Crippen LogP contribution >= 0.6 is 11.6 Å². The lowest BCUT2D eigenvalue weighted by atomic mass is 10.1. The summed E-state index contributed by atoms with van der Waals surface area (Å²) in [6.45, 7) is 9.24. The van der Waals surface area contributed by atoms with Crippen LogP contribution in [0.5, 0.6) is 0 Å². The number of nitrogens with two attached hydrogens (primary N) is 1. The van der Waals surface area contributed by atoms with Gasteiger partial charge >= 0.3 is 0 Å². The lowest BCUT2D eigenvalue weighted by molar-refractivity contribution is 0.0682. The van der Waals surface area contributed by atoms with E-state index in [-0.39, 0.29) is 18.5 Å². The first kappa shape index (κ1) is 17.6. The van der Waals surface area contributed by atoms with Gasteiger partial charge in [-0.15, -0.1) is 0 Å². The summed E-state index contributed by atoms with van der Waals surface area (Å²) in [6.07, 6.45) is 0. The summed E-state index contributed by atoms with van der Waals surface area (Å²) in [5.74, 6) is 6.07. The number of halogens is 1. The molecule has 1 aromatic rings. The summed E-state index contributed by atoms with van der Waals surface area (Å²) in [5.41, 5.74) is 6.63. The molecule has 0 fully saturated rings. The van der Waals surface area contributed by atoms with E-state index in [2.05, 4.69) is 25.7 Å². The predicted molar refractivity (Wildman–Crippen MR) is 88.4 cm³/mol. The SMILES string of the molecule is CC(C)CN(C(=O)c1ccc(C#CCN)c(Cl)c1)C(C)C. The quantitative estimate of drug-likeness (QED) is 0.869. The fourth-order valence-electron chi connectivity index (χ4n) is 1.98. The van der Waals surface area contributed by atoms with E-state index in [1.807, 2.05) is 18.7 Å². The van der Waals surface area contributed by atoms with Gasteiger partial charge in [-0.1, -0.05) is 37.3 Å². The van der Waals surface area contributed by atoms with Crippen LogP contribution in [0, 0.1) is 17.8 Å². The van der Waals surface area contributed by atoms with Crippen molar-refractivity contribution >= 4 is 17.5 Å². The van der Waals surface area contributed by atoms with Crippen LogP contribution in [0.3, 0.4) is 0 Å². The Morgan fingerprint density at radius 1 is 1.33 bits per heavy atom. The first-order valence-corrected chi connectivity index (χ1v) is 7.54. The van der Waals surface area contributed by atoms with Crippen molar-refractivity contribution in [2.45, 2.75) is 33.7 Å². The highest BCUT2D eigenvalue weighted by atomic mass is 35.5. The Labute approximate surface area is 132 Å². The zero-order chi connectivity index (χ0) is 16.0. The van der Waals surface area contributed by atoms with E-state index in [4.69, 9.17) is 17.3 Å². The van der Waals surface area contributed by atoms with Gasteiger partial charge in [-0.3, -0.25) is 4.79 Å². The number of amides is 1. The second-order valence-electron chi connectivity index (χ2n) is 5.65.